The van der Waals surface area contributed by atoms with Crippen molar-refractivity contribution in [2.75, 3.05) is 13.1 Å². The molecule has 138 valence electrons. The SMILES string of the molecule is CC(NC(=O)c1ccccc1S(=O)(=O)N1CCCCC1)c1cccnc1. The molecule has 0 radical (unpaired) electrons. The van der Waals surface area contributed by atoms with Crippen LogP contribution in [0.25, 0.3) is 0 Å². The summed E-state index contributed by atoms with van der Waals surface area (Å²) in [6, 6.07) is 9.79. The van der Waals surface area contributed by atoms with Gasteiger partial charge in [0, 0.05) is 25.5 Å². The number of rotatable bonds is 5. The highest BCUT2D eigenvalue weighted by molar-refractivity contribution is 7.89. The van der Waals surface area contributed by atoms with Crippen molar-refractivity contribution in [2.45, 2.75) is 37.1 Å². The summed E-state index contributed by atoms with van der Waals surface area (Å²) in [7, 11) is -3.68. The zero-order valence-corrected chi connectivity index (χ0v) is 15.6. The molecule has 2 heterocycles. The Kier molecular flexibility index (Phi) is 5.68. The molecule has 6 nitrogen and oxygen atoms in total. The van der Waals surface area contributed by atoms with Crippen LogP contribution in [0.3, 0.4) is 0 Å². The van der Waals surface area contributed by atoms with E-state index in [1.54, 1.807) is 36.7 Å². The maximum absolute atomic E-state index is 13.0. The van der Waals surface area contributed by atoms with Crippen molar-refractivity contribution < 1.29 is 13.2 Å². The second-order valence-electron chi connectivity index (χ2n) is 6.44. The molecule has 3 rings (SSSR count). The van der Waals surface area contributed by atoms with Crippen LogP contribution in [0.2, 0.25) is 0 Å². The Morgan fingerprint density at radius 2 is 1.85 bits per heavy atom. The lowest BCUT2D eigenvalue weighted by Gasteiger charge is -2.26. The van der Waals surface area contributed by atoms with E-state index in [1.807, 2.05) is 13.0 Å². The number of nitrogens with zero attached hydrogens (tertiary/aromatic N) is 2. The summed E-state index contributed by atoms with van der Waals surface area (Å²) in [4.78, 5) is 16.9. The Morgan fingerprint density at radius 1 is 1.12 bits per heavy atom. The fraction of sp³-hybridized carbons (Fsp3) is 0.368. The third-order valence-corrected chi connectivity index (χ3v) is 6.55. The molecule has 1 aromatic carbocycles. The zero-order chi connectivity index (χ0) is 18.6. The van der Waals surface area contributed by atoms with Gasteiger partial charge in [0.25, 0.3) is 5.91 Å². The Balaban J connectivity index is 1.85. The van der Waals surface area contributed by atoms with Crippen molar-refractivity contribution in [1.29, 1.82) is 0 Å². The lowest BCUT2D eigenvalue weighted by molar-refractivity contribution is 0.0936. The topological polar surface area (TPSA) is 79.4 Å². The van der Waals surface area contributed by atoms with Crippen LogP contribution in [-0.2, 0) is 10.0 Å². The second-order valence-corrected chi connectivity index (χ2v) is 8.35. The summed E-state index contributed by atoms with van der Waals surface area (Å²) in [5, 5.41) is 2.87. The van der Waals surface area contributed by atoms with Crippen molar-refractivity contribution >= 4 is 15.9 Å². The van der Waals surface area contributed by atoms with E-state index < -0.39 is 15.9 Å². The molecule has 1 saturated heterocycles. The molecule has 1 fully saturated rings. The minimum absolute atomic E-state index is 0.0674. The van der Waals surface area contributed by atoms with Crippen LogP contribution in [0.1, 0.15) is 48.1 Å². The number of sulfonamides is 1. The van der Waals surface area contributed by atoms with Gasteiger partial charge < -0.3 is 5.32 Å². The molecule has 1 aromatic heterocycles. The third-order valence-electron chi connectivity index (χ3n) is 4.60. The fourth-order valence-electron chi connectivity index (χ4n) is 3.11. The summed E-state index contributed by atoms with van der Waals surface area (Å²) in [6.45, 7) is 2.85. The first kappa shape index (κ1) is 18.5. The number of benzene rings is 1. The average molecular weight is 373 g/mol. The van der Waals surface area contributed by atoms with E-state index in [4.69, 9.17) is 0 Å². The van der Waals surface area contributed by atoms with Gasteiger partial charge in [-0.15, -0.1) is 0 Å². The summed E-state index contributed by atoms with van der Waals surface area (Å²) in [5.41, 5.74) is 1.03. The summed E-state index contributed by atoms with van der Waals surface area (Å²) in [5.74, 6) is -0.405. The predicted octanol–water partition coefficient (Wildman–Crippen LogP) is 2.75. The van der Waals surface area contributed by atoms with Crippen LogP contribution in [0.5, 0.6) is 0 Å². The molecule has 0 bridgehead atoms. The van der Waals surface area contributed by atoms with Crippen molar-refractivity contribution in [3.63, 3.8) is 0 Å². The van der Waals surface area contributed by atoms with Gasteiger partial charge in [0.15, 0.2) is 0 Å². The molecular weight excluding hydrogens is 350 g/mol. The van der Waals surface area contributed by atoms with Crippen molar-refractivity contribution in [3.05, 3.63) is 59.9 Å². The maximum atomic E-state index is 13.0. The van der Waals surface area contributed by atoms with Crippen molar-refractivity contribution in [1.82, 2.24) is 14.6 Å². The summed E-state index contributed by atoms with van der Waals surface area (Å²) < 4.78 is 27.5. The van der Waals surface area contributed by atoms with Crippen molar-refractivity contribution in [3.8, 4) is 0 Å². The van der Waals surface area contributed by atoms with Gasteiger partial charge in [-0.3, -0.25) is 9.78 Å². The molecule has 2 aromatic rings. The smallest absolute Gasteiger partial charge is 0.253 e. The van der Waals surface area contributed by atoms with Gasteiger partial charge in [-0.05, 0) is 43.5 Å². The minimum atomic E-state index is -3.68. The van der Waals surface area contributed by atoms with Crippen molar-refractivity contribution in [2.24, 2.45) is 0 Å². The lowest BCUT2D eigenvalue weighted by atomic mass is 10.1. The minimum Gasteiger partial charge on any atom is -0.345 e. The Morgan fingerprint density at radius 3 is 2.54 bits per heavy atom. The normalized spacial score (nSPS) is 16.8. The van der Waals surface area contributed by atoms with Crippen LogP contribution < -0.4 is 5.32 Å². The van der Waals surface area contributed by atoms with Gasteiger partial charge in [0.05, 0.1) is 16.5 Å². The van der Waals surface area contributed by atoms with Gasteiger partial charge in [-0.1, -0.05) is 24.6 Å². The highest BCUT2D eigenvalue weighted by Gasteiger charge is 2.30. The number of hydrogen-bond acceptors (Lipinski definition) is 4. The summed E-state index contributed by atoms with van der Waals surface area (Å²) in [6.07, 6.45) is 6.09. The molecule has 1 unspecified atom stereocenters. The number of amides is 1. The van der Waals surface area contributed by atoms with Gasteiger partial charge in [0.2, 0.25) is 10.0 Å². The van der Waals surface area contributed by atoms with Gasteiger partial charge >= 0.3 is 0 Å². The third kappa shape index (κ3) is 3.94. The first-order chi connectivity index (χ1) is 12.5. The molecule has 1 atom stereocenters. The average Bonchev–Trinajstić information content (AvgIpc) is 2.69. The first-order valence-electron chi connectivity index (χ1n) is 8.80. The number of piperidine rings is 1. The van der Waals surface area contributed by atoms with Crippen LogP contribution in [0, 0.1) is 0 Å². The maximum Gasteiger partial charge on any atom is 0.253 e. The van der Waals surface area contributed by atoms with Crippen LogP contribution >= 0.6 is 0 Å². The number of hydrogen-bond donors (Lipinski definition) is 1. The number of carbonyl (C=O) groups is 1. The Bertz CT molecular complexity index is 863. The van der Waals surface area contributed by atoms with E-state index in [-0.39, 0.29) is 16.5 Å². The molecule has 7 heteroatoms. The van der Waals surface area contributed by atoms with E-state index in [0.717, 1.165) is 24.8 Å². The fourth-order valence-corrected chi connectivity index (χ4v) is 4.82. The number of pyridine rings is 1. The molecular formula is C19H23N3O3S. The van der Waals surface area contributed by atoms with Gasteiger partial charge in [-0.2, -0.15) is 4.31 Å². The lowest BCUT2D eigenvalue weighted by Crippen LogP contribution is -2.37. The molecule has 0 aliphatic carbocycles. The van der Waals surface area contributed by atoms with Crippen LogP contribution in [0.15, 0.2) is 53.7 Å². The number of nitrogens with one attached hydrogen (secondary N) is 1. The van der Waals surface area contributed by atoms with Gasteiger partial charge in [-0.25, -0.2) is 8.42 Å². The van der Waals surface area contributed by atoms with E-state index in [2.05, 4.69) is 10.3 Å². The number of aromatic nitrogens is 1. The molecule has 1 amide bonds. The molecule has 1 aliphatic rings. The standard InChI is InChI=1S/C19H23N3O3S/c1-15(16-8-7-11-20-14-16)21-19(23)17-9-3-4-10-18(17)26(24,25)22-12-5-2-6-13-22/h3-4,7-11,14-15H,2,5-6,12-13H2,1H3,(H,21,23). The largest absolute Gasteiger partial charge is 0.345 e. The molecule has 1 N–H and O–H groups in total. The quantitative estimate of drug-likeness (QED) is 0.874. The van der Waals surface area contributed by atoms with E-state index >= 15 is 0 Å². The molecule has 0 saturated carbocycles. The van der Waals surface area contributed by atoms with Crippen LogP contribution in [-0.4, -0.2) is 36.7 Å². The van der Waals surface area contributed by atoms with Crippen LogP contribution in [0.4, 0.5) is 0 Å². The monoisotopic (exact) mass is 373 g/mol. The van der Waals surface area contributed by atoms with E-state index in [1.165, 1.54) is 10.4 Å². The van der Waals surface area contributed by atoms with E-state index in [9.17, 15) is 13.2 Å². The number of carbonyl (C=O) groups excluding carboxylic acids is 1. The molecule has 26 heavy (non-hydrogen) atoms. The molecule has 1 aliphatic heterocycles. The summed E-state index contributed by atoms with van der Waals surface area (Å²) >= 11 is 0. The highest BCUT2D eigenvalue weighted by atomic mass is 32.2. The van der Waals surface area contributed by atoms with E-state index in [0.29, 0.717) is 13.1 Å². The predicted molar refractivity (Wildman–Crippen MR) is 99.2 cm³/mol. The Labute approximate surface area is 154 Å². The van der Waals surface area contributed by atoms with Gasteiger partial charge in [0.1, 0.15) is 0 Å². The molecule has 0 spiro atoms. The zero-order valence-electron chi connectivity index (χ0n) is 14.8. The Hall–Kier alpha value is -2.25. The first-order valence-corrected chi connectivity index (χ1v) is 10.2. The second kappa shape index (κ2) is 7.97. The highest BCUT2D eigenvalue weighted by Crippen LogP contribution is 2.24.